The second kappa shape index (κ2) is 5.02. The normalized spacial score (nSPS) is 17.4. The number of hydrogen-bond donors (Lipinski definition) is 2. The lowest BCUT2D eigenvalue weighted by molar-refractivity contribution is 0.390. The molecule has 0 saturated carbocycles. The summed E-state index contributed by atoms with van der Waals surface area (Å²) >= 11 is 1.58. The van der Waals surface area contributed by atoms with Gasteiger partial charge in [0.05, 0.1) is 4.70 Å². The molecular formula is C13H17N3S. The molecule has 1 aliphatic rings. The molecule has 1 aliphatic heterocycles. The van der Waals surface area contributed by atoms with Crippen molar-refractivity contribution in [3.63, 3.8) is 0 Å². The van der Waals surface area contributed by atoms with Crippen LogP contribution < -0.4 is 10.6 Å². The van der Waals surface area contributed by atoms with Crippen LogP contribution in [0.3, 0.4) is 0 Å². The van der Waals surface area contributed by atoms with Gasteiger partial charge < -0.3 is 10.6 Å². The van der Waals surface area contributed by atoms with Gasteiger partial charge in [-0.15, -0.1) is 0 Å². The molecule has 0 amide bonds. The average molecular weight is 247 g/mol. The Morgan fingerprint density at radius 2 is 2.12 bits per heavy atom. The molecule has 1 saturated heterocycles. The van der Waals surface area contributed by atoms with E-state index >= 15 is 0 Å². The fourth-order valence-electron chi connectivity index (χ4n) is 2.34. The summed E-state index contributed by atoms with van der Waals surface area (Å²) < 4.78 is 5.76. The van der Waals surface area contributed by atoms with Crippen LogP contribution in [0.1, 0.15) is 12.8 Å². The van der Waals surface area contributed by atoms with Crippen LogP contribution in [0.25, 0.3) is 10.1 Å². The van der Waals surface area contributed by atoms with Crippen LogP contribution in [0.4, 0.5) is 5.82 Å². The van der Waals surface area contributed by atoms with Crippen LogP contribution in [0.5, 0.6) is 0 Å². The minimum absolute atomic E-state index is 0.789. The molecule has 1 aromatic carbocycles. The Bertz CT molecular complexity index is 488. The van der Waals surface area contributed by atoms with E-state index in [2.05, 4.69) is 39.3 Å². The summed E-state index contributed by atoms with van der Waals surface area (Å²) in [6.45, 7) is 3.36. The predicted octanol–water partition coefficient (Wildman–Crippen LogP) is 2.71. The molecule has 17 heavy (non-hydrogen) atoms. The van der Waals surface area contributed by atoms with Gasteiger partial charge in [-0.25, -0.2) is 0 Å². The van der Waals surface area contributed by atoms with E-state index in [4.69, 9.17) is 0 Å². The summed E-state index contributed by atoms with van der Waals surface area (Å²) in [7, 11) is 0. The van der Waals surface area contributed by atoms with Crippen LogP contribution in [-0.2, 0) is 0 Å². The number of benzene rings is 1. The largest absolute Gasteiger partial charge is 0.368 e. The molecule has 3 nitrogen and oxygen atoms in total. The van der Waals surface area contributed by atoms with E-state index in [1.807, 2.05) is 0 Å². The molecule has 0 unspecified atom stereocenters. The topological polar surface area (TPSA) is 37.0 Å². The van der Waals surface area contributed by atoms with Crippen molar-refractivity contribution in [3.05, 3.63) is 24.3 Å². The Kier molecular flexibility index (Phi) is 3.25. The van der Waals surface area contributed by atoms with Crippen LogP contribution in [0.15, 0.2) is 24.3 Å². The molecule has 90 valence electrons. The smallest absolute Gasteiger partial charge is 0.147 e. The van der Waals surface area contributed by atoms with Crippen LogP contribution in [0.2, 0.25) is 0 Å². The zero-order chi connectivity index (χ0) is 11.5. The van der Waals surface area contributed by atoms with Gasteiger partial charge in [0.15, 0.2) is 0 Å². The van der Waals surface area contributed by atoms with Crippen LogP contribution in [0, 0.1) is 5.92 Å². The van der Waals surface area contributed by atoms with E-state index in [1.54, 1.807) is 11.5 Å². The standard InChI is InChI=1S/C13H17N3S/c1-2-4-12-11(3-1)13(16-17-12)15-9-10-5-7-14-8-6-10/h1-4,10,14H,5-9H2,(H,15,16). The van der Waals surface area contributed by atoms with Gasteiger partial charge in [0.1, 0.15) is 5.82 Å². The zero-order valence-electron chi connectivity index (χ0n) is 9.78. The van der Waals surface area contributed by atoms with Gasteiger partial charge in [0, 0.05) is 11.9 Å². The second-order valence-electron chi connectivity index (χ2n) is 4.60. The molecule has 3 rings (SSSR count). The van der Waals surface area contributed by atoms with Gasteiger partial charge >= 0.3 is 0 Å². The third-order valence-corrected chi connectivity index (χ3v) is 4.22. The van der Waals surface area contributed by atoms with Gasteiger partial charge in [-0.2, -0.15) is 4.37 Å². The fraction of sp³-hybridized carbons (Fsp3) is 0.462. The lowest BCUT2D eigenvalue weighted by Crippen LogP contribution is -2.31. The fourth-order valence-corrected chi connectivity index (χ4v) is 3.10. The number of piperidine rings is 1. The molecule has 0 radical (unpaired) electrons. The van der Waals surface area contributed by atoms with Crippen LogP contribution in [-0.4, -0.2) is 24.0 Å². The third kappa shape index (κ3) is 2.42. The number of nitrogens with zero attached hydrogens (tertiary/aromatic N) is 1. The summed E-state index contributed by atoms with van der Waals surface area (Å²) in [4.78, 5) is 0. The van der Waals surface area contributed by atoms with Crippen molar-refractivity contribution in [2.75, 3.05) is 25.0 Å². The summed E-state index contributed by atoms with van der Waals surface area (Å²) in [5, 5.41) is 8.16. The summed E-state index contributed by atoms with van der Waals surface area (Å²) in [6, 6.07) is 8.41. The van der Waals surface area contributed by atoms with E-state index in [1.165, 1.54) is 22.9 Å². The van der Waals surface area contributed by atoms with Crippen molar-refractivity contribution in [1.29, 1.82) is 0 Å². The number of nitrogens with one attached hydrogen (secondary N) is 2. The van der Waals surface area contributed by atoms with Gasteiger partial charge in [-0.1, -0.05) is 12.1 Å². The molecule has 2 aromatic rings. The quantitative estimate of drug-likeness (QED) is 0.875. The first-order valence-electron chi connectivity index (χ1n) is 6.22. The molecule has 1 fully saturated rings. The lowest BCUT2D eigenvalue weighted by Gasteiger charge is -2.22. The van der Waals surface area contributed by atoms with E-state index in [0.717, 1.165) is 31.4 Å². The molecule has 0 atom stereocenters. The monoisotopic (exact) mass is 247 g/mol. The Balaban J connectivity index is 1.68. The first-order chi connectivity index (χ1) is 8.43. The van der Waals surface area contributed by atoms with Gasteiger partial charge in [0.25, 0.3) is 0 Å². The van der Waals surface area contributed by atoms with Gasteiger partial charge in [-0.3, -0.25) is 0 Å². The number of rotatable bonds is 3. The van der Waals surface area contributed by atoms with E-state index in [9.17, 15) is 0 Å². The Labute approximate surface area is 105 Å². The molecule has 1 aromatic heterocycles. The van der Waals surface area contributed by atoms with Gasteiger partial charge in [-0.05, 0) is 55.5 Å². The highest BCUT2D eigenvalue weighted by Gasteiger charge is 2.13. The maximum Gasteiger partial charge on any atom is 0.147 e. The number of aromatic nitrogens is 1. The van der Waals surface area contributed by atoms with Crippen molar-refractivity contribution in [3.8, 4) is 0 Å². The van der Waals surface area contributed by atoms with Crippen molar-refractivity contribution < 1.29 is 0 Å². The van der Waals surface area contributed by atoms with Crippen molar-refractivity contribution in [1.82, 2.24) is 9.69 Å². The summed E-state index contributed by atoms with van der Waals surface area (Å²) in [5.41, 5.74) is 0. The molecular weight excluding hydrogens is 230 g/mol. The Hall–Kier alpha value is -1.13. The van der Waals surface area contributed by atoms with Crippen molar-refractivity contribution >= 4 is 27.4 Å². The Morgan fingerprint density at radius 3 is 3.00 bits per heavy atom. The minimum Gasteiger partial charge on any atom is -0.368 e. The Morgan fingerprint density at radius 1 is 1.29 bits per heavy atom. The molecule has 0 spiro atoms. The molecule has 2 N–H and O–H groups in total. The third-order valence-electron chi connectivity index (χ3n) is 3.39. The number of anilines is 1. The maximum absolute atomic E-state index is 4.49. The molecule has 4 heteroatoms. The molecule has 0 bridgehead atoms. The minimum atomic E-state index is 0.789. The van der Waals surface area contributed by atoms with E-state index in [-0.39, 0.29) is 0 Å². The first-order valence-corrected chi connectivity index (χ1v) is 7.00. The molecule has 2 heterocycles. The SMILES string of the molecule is c1ccc2c(NCC3CCNCC3)nsc2c1. The van der Waals surface area contributed by atoms with E-state index < -0.39 is 0 Å². The first kappa shape index (κ1) is 11.0. The highest BCUT2D eigenvalue weighted by atomic mass is 32.1. The second-order valence-corrected chi connectivity index (χ2v) is 5.41. The number of fused-ring (bicyclic) bond motifs is 1. The van der Waals surface area contributed by atoms with Crippen molar-refractivity contribution in [2.45, 2.75) is 12.8 Å². The average Bonchev–Trinajstić information content (AvgIpc) is 2.81. The zero-order valence-corrected chi connectivity index (χ0v) is 10.6. The highest BCUT2D eigenvalue weighted by molar-refractivity contribution is 7.13. The lowest BCUT2D eigenvalue weighted by atomic mass is 9.98. The van der Waals surface area contributed by atoms with Crippen LogP contribution >= 0.6 is 11.5 Å². The summed E-state index contributed by atoms with van der Waals surface area (Å²) in [5.74, 6) is 1.85. The summed E-state index contributed by atoms with van der Waals surface area (Å²) in [6.07, 6.45) is 2.55. The number of hydrogen-bond acceptors (Lipinski definition) is 4. The van der Waals surface area contributed by atoms with Crippen molar-refractivity contribution in [2.24, 2.45) is 5.92 Å². The predicted molar refractivity (Wildman–Crippen MR) is 73.7 cm³/mol. The maximum atomic E-state index is 4.49. The van der Waals surface area contributed by atoms with Gasteiger partial charge in [0.2, 0.25) is 0 Å². The highest BCUT2D eigenvalue weighted by Crippen LogP contribution is 2.26. The van der Waals surface area contributed by atoms with E-state index in [0.29, 0.717) is 0 Å². The molecule has 0 aliphatic carbocycles.